The highest BCUT2D eigenvalue weighted by Gasteiger charge is 2.27. The van der Waals surface area contributed by atoms with E-state index in [0.717, 1.165) is 17.1 Å². The van der Waals surface area contributed by atoms with Gasteiger partial charge in [0.2, 0.25) is 22.0 Å². The fraction of sp³-hybridized carbons (Fsp3) is 0.294. The molecule has 0 aliphatic carbocycles. The molecule has 0 radical (unpaired) electrons. The van der Waals surface area contributed by atoms with Gasteiger partial charge in [0.1, 0.15) is 5.69 Å². The molecular formula is C17H21N11S2. The van der Waals surface area contributed by atoms with Gasteiger partial charge in [-0.15, -0.1) is 25.5 Å². The van der Waals surface area contributed by atoms with Gasteiger partial charge in [-0.25, -0.2) is 14.0 Å². The normalized spacial score (nSPS) is 11.3. The van der Waals surface area contributed by atoms with Gasteiger partial charge in [-0.2, -0.15) is 0 Å². The van der Waals surface area contributed by atoms with E-state index in [2.05, 4.69) is 30.7 Å². The average Bonchev–Trinajstić information content (AvgIpc) is 3.42. The van der Waals surface area contributed by atoms with Crippen molar-refractivity contribution in [1.82, 2.24) is 44.7 Å². The van der Waals surface area contributed by atoms with Gasteiger partial charge in [-0.3, -0.25) is 0 Å². The molecule has 0 aliphatic heterocycles. The third kappa shape index (κ3) is 3.73. The van der Waals surface area contributed by atoms with Crippen LogP contribution in [-0.4, -0.2) is 56.2 Å². The maximum Gasteiger partial charge on any atom is 0.210 e. The Bertz CT molecular complexity index is 1130. The summed E-state index contributed by atoms with van der Waals surface area (Å²) >= 11 is 2.99. The van der Waals surface area contributed by atoms with E-state index in [9.17, 15) is 0 Å². The number of benzene rings is 1. The molecule has 0 bridgehead atoms. The molecular weight excluding hydrogens is 422 g/mol. The summed E-state index contributed by atoms with van der Waals surface area (Å²) < 4.78 is 4.57. The van der Waals surface area contributed by atoms with Gasteiger partial charge >= 0.3 is 0 Å². The van der Waals surface area contributed by atoms with E-state index in [0.29, 0.717) is 39.9 Å². The molecule has 3 aromatic heterocycles. The predicted molar refractivity (Wildman–Crippen MR) is 117 cm³/mol. The molecule has 0 saturated carbocycles. The second-order valence-corrected chi connectivity index (χ2v) is 8.61. The van der Waals surface area contributed by atoms with Gasteiger partial charge < -0.3 is 11.7 Å². The molecule has 11 nitrogen and oxygen atoms in total. The van der Waals surface area contributed by atoms with Crippen molar-refractivity contribution in [2.45, 2.75) is 30.7 Å². The molecule has 0 unspecified atom stereocenters. The first-order valence-corrected chi connectivity index (χ1v) is 11.3. The van der Waals surface area contributed by atoms with Crippen LogP contribution in [-0.2, 0) is 6.54 Å². The minimum absolute atomic E-state index is 0.382. The van der Waals surface area contributed by atoms with E-state index < -0.39 is 0 Å². The zero-order valence-electron chi connectivity index (χ0n) is 16.5. The fourth-order valence-electron chi connectivity index (χ4n) is 2.88. The summed E-state index contributed by atoms with van der Waals surface area (Å²) in [5, 5.41) is 26.8. The van der Waals surface area contributed by atoms with Crippen LogP contribution < -0.4 is 11.7 Å². The summed E-state index contributed by atoms with van der Waals surface area (Å²) in [6.45, 7) is 4.52. The third-order valence-electron chi connectivity index (χ3n) is 4.21. The summed E-state index contributed by atoms with van der Waals surface area (Å²) in [7, 11) is 0. The number of hydrogen-bond donors (Lipinski definition) is 2. The SMILES string of the molecule is CCSc1nnc(-c2nnn(Cc3ccccc3)c2-c2nnc(SCC)n2N)n1N. The van der Waals surface area contributed by atoms with E-state index >= 15 is 0 Å². The molecule has 0 spiro atoms. The maximum atomic E-state index is 6.30. The third-order valence-corrected chi connectivity index (χ3v) is 5.86. The molecule has 1 aromatic carbocycles. The molecule has 0 atom stereocenters. The van der Waals surface area contributed by atoms with Crippen LogP contribution in [0, 0.1) is 0 Å². The largest absolute Gasteiger partial charge is 0.335 e. The van der Waals surface area contributed by atoms with Gasteiger partial charge in [0.15, 0.2) is 5.69 Å². The molecule has 4 rings (SSSR count). The zero-order chi connectivity index (χ0) is 21.1. The van der Waals surface area contributed by atoms with Gasteiger partial charge in [-0.1, -0.05) is 72.9 Å². The smallest absolute Gasteiger partial charge is 0.210 e. The first-order valence-electron chi connectivity index (χ1n) is 9.28. The Morgan fingerprint density at radius 3 is 2.03 bits per heavy atom. The van der Waals surface area contributed by atoms with Crippen LogP contribution >= 0.6 is 23.5 Å². The van der Waals surface area contributed by atoms with E-state index in [1.165, 1.54) is 32.9 Å². The van der Waals surface area contributed by atoms with Crippen molar-refractivity contribution >= 4 is 23.5 Å². The Balaban J connectivity index is 1.85. The molecule has 30 heavy (non-hydrogen) atoms. The maximum absolute atomic E-state index is 6.30. The lowest BCUT2D eigenvalue weighted by atomic mass is 10.2. The second-order valence-electron chi connectivity index (χ2n) is 6.15. The zero-order valence-corrected chi connectivity index (χ0v) is 18.1. The van der Waals surface area contributed by atoms with Gasteiger partial charge in [0.05, 0.1) is 6.54 Å². The van der Waals surface area contributed by atoms with Crippen molar-refractivity contribution < 1.29 is 0 Å². The molecule has 0 saturated heterocycles. The predicted octanol–water partition coefficient (Wildman–Crippen LogP) is 1.49. The highest BCUT2D eigenvalue weighted by atomic mass is 32.2. The molecule has 3 heterocycles. The average molecular weight is 444 g/mol. The summed E-state index contributed by atoms with van der Waals surface area (Å²) in [5.41, 5.74) is 2.07. The highest BCUT2D eigenvalue weighted by molar-refractivity contribution is 7.99. The minimum Gasteiger partial charge on any atom is -0.335 e. The van der Waals surface area contributed by atoms with Crippen molar-refractivity contribution in [3.05, 3.63) is 35.9 Å². The fourth-order valence-corrected chi connectivity index (χ4v) is 4.05. The second kappa shape index (κ2) is 8.75. The highest BCUT2D eigenvalue weighted by Crippen LogP contribution is 2.30. The van der Waals surface area contributed by atoms with E-state index in [4.69, 9.17) is 11.7 Å². The number of nitrogens with zero attached hydrogens (tertiary/aromatic N) is 9. The molecule has 156 valence electrons. The van der Waals surface area contributed by atoms with Crippen molar-refractivity contribution in [3.8, 4) is 23.0 Å². The number of aromatic nitrogens is 9. The van der Waals surface area contributed by atoms with E-state index in [1.807, 2.05) is 44.2 Å². The van der Waals surface area contributed by atoms with Crippen LogP contribution in [0.2, 0.25) is 0 Å². The lowest BCUT2D eigenvalue weighted by Crippen LogP contribution is -2.16. The van der Waals surface area contributed by atoms with Crippen molar-refractivity contribution in [1.29, 1.82) is 0 Å². The topological polar surface area (TPSA) is 144 Å². The van der Waals surface area contributed by atoms with Crippen molar-refractivity contribution in [2.24, 2.45) is 0 Å². The van der Waals surface area contributed by atoms with Crippen molar-refractivity contribution in [3.63, 3.8) is 0 Å². The van der Waals surface area contributed by atoms with E-state index in [1.54, 1.807) is 4.68 Å². The Kier molecular flexibility index (Phi) is 5.90. The van der Waals surface area contributed by atoms with Gasteiger partial charge in [0.25, 0.3) is 0 Å². The summed E-state index contributed by atoms with van der Waals surface area (Å²) in [4.78, 5) is 0. The Hall–Kier alpha value is -3.06. The van der Waals surface area contributed by atoms with E-state index in [-0.39, 0.29) is 0 Å². The summed E-state index contributed by atoms with van der Waals surface area (Å²) in [6, 6.07) is 9.93. The lowest BCUT2D eigenvalue weighted by Gasteiger charge is -2.08. The van der Waals surface area contributed by atoms with Gasteiger partial charge in [0, 0.05) is 0 Å². The molecule has 0 aliphatic rings. The number of thioether (sulfide) groups is 2. The lowest BCUT2D eigenvalue weighted by molar-refractivity contribution is 0.651. The number of hydrogen-bond acceptors (Lipinski definition) is 10. The molecule has 13 heteroatoms. The van der Waals surface area contributed by atoms with Gasteiger partial charge in [-0.05, 0) is 17.1 Å². The Morgan fingerprint density at radius 1 is 0.800 bits per heavy atom. The molecule has 0 fully saturated rings. The Morgan fingerprint density at radius 2 is 1.40 bits per heavy atom. The molecule has 0 amide bonds. The van der Waals surface area contributed by atoms with Crippen LogP contribution in [0.25, 0.3) is 23.0 Å². The minimum atomic E-state index is 0.382. The van der Waals surface area contributed by atoms with Crippen LogP contribution in [0.1, 0.15) is 19.4 Å². The number of nitrogens with two attached hydrogens (primary N) is 2. The summed E-state index contributed by atoms with van der Waals surface area (Å²) in [5.74, 6) is 15.0. The number of nitrogen functional groups attached to an aromatic ring is 2. The monoisotopic (exact) mass is 443 g/mol. The van der Waals surface area contributed by atoms with Crippen LogP contribution in [0.15, 0.2) is 40.6 Å². The van der Waals surface area contributed by atoms with Crippen LogP contribution in [0.4, 0.5) is 0 Å². The standard InChI is InChI=1S/C17H21N11S2/c1-3-29-16-23-21-14(27(16)18)12-13(15-22-24-17(28(15)19)30-4-2)26(25-20-12)10-11-8-6-5-7-9-11/h5-9H,3-4,10,18-19H2,1-2H3. The van der Waals surface area contributed by atoms with Crippen LogP contribution in [0.5, 0.6) is 0 Å². The molecule has 4 aromatic rings. The first-order chi connectivity index (χ1) is 14.6. The van der Waals surface area contributed by atoms with Crippen molar-refractivity contribution in [2.75, 3.05) is 23.2 Å². The quantitative estimate of drug-likeness (QED) is 0.303. The first kappa shape index (κ1) is 20.2. The summed E-state index contributed by atoms with van der Waals surface area (Å²) in [6.07, 6.45) is 0. The number of rotatable bonds is 8. The molecule has 4 N–H and O–H groups in total. The van der Waals surface area contributed by atoms with Crippen LogP contribution in [0.3, 0.4) is 0 Å². The Labute approximate surface area is 181 Å².